The average molecular weight is 382 g/mol. The fourth-order valence-electron chi connectivity index (χ4n) is 4.36. The quantitative estimate of drug-likeness (QED) is 0.794. The van der Waals surface area contributed by atoms with Gasteiger partial charge < -0.3 is 24.6 Å². The molecule has 3 rings (SSSR count). The first-order chi connectivity index (χ1) is 12.8. The summed E-state index contributed by atoms with van der Waals surface area (Å²) in [5.74, 6) is 0.631. The highest BCUT2D eigenvalue weighted by molar-refractivity contribution is 5.76. The summed E-state index contributed by atoms with van der Waals surface area (Å²) in [4.78, 5) is 28.8. The Morgan fingerprint density at radius 1 is 1.04 bits per heavy atom. The van der Waals surface area contributed by atoms with Crippen LogP contribution in [0.3, 0.4) is 0 Å². The highest BCUT2D eigenvalue weighted by Crippen LogP contribution is 2.39. The van der Waals surface area contributed by atoms with Gasteiger partial charge in [-0.15, -0.1) is 0 Å². The van der Waals surface area contributed by atoms with Gasteiger partial charge in [0.2, 0.25) is 5.91 Å². The van der Waals surface area contributed by atoms with Crippen LogP contribution in [-0.4, -0.2) is 78.9 Å². The average Bonchev–Trinajstić information content (AvgIpc) is 2.62. The molecule has 0 aromatic rings. The van der Waals surface area contributed by atoms with Crippen LogP contribution in [0.4, 0.5) is 4.79 Å². The lowest BCUT2D eigenvalue weighted by Gasteiger charge is -2.46. The normalized spacial score (nSPS) is 26.1. The number of carbonyl (C=O) groups is 2. The number of urea groups is 1. The monoisotopic (exact) mass is 381 g/mol. The van der Waals surface area contributed by atoms with E-state index in [1.54, 1.807) is 0 Å². The molecule has 0 aromatic carbocycles. The molecule has 3 saturated heterocycles. The van der Waals surface area contributed by atoms with E-state index in [1.165, 1.54) is 0 Å². The van der Waals surface area contributed by atoms with E-state index in [-0.39, 0.29) is 23.1 Å². The zero-order valence-corrected chi connectivity index (χ0v) is 17.1. The van der Waals surface area contributed by atoms with Gasteiger partial charge in [0.25, 0.3) is 0 Å². The van der Waals surface area contributed by atoms with E-state index in [2.05, 4.69) is 5.32 Å². The molecule has 3 heterocycles. The number of nitrogens with zero attached hydrogens (tertiary/aromatic N) is 2. The molecular formula is C20H35N3O4. The minimum absolute atomic E-state index is 0.00667. The molecule has 154 valence electrons. The summed E-state index contributed by atoms with van der Waals surface area (Å²) in [5, 5.41) is 3.04. The van der Waals surface area contributed by atoms with Crippen LogP contribution in [0.15, 0.2) is 0 Å². The van der Waals surface area contributed by atoms with Gasteiger partial charge in [0.1, 0.15) is 0 Å². The van der Waals surface area contributed by atoms with Gasteiger partial charge in [0.05, 0.1) is 18.8 Å². The van der Waals surface area contributed by atoms with Crippen molar-refractivity contribution in [3.05, 3.63) is 0 Å². The van der Waals surface area contributed by atoms with Crippen LogP contribution in [-0.2, 0) is 14.3 Å². The SMILES string of the molecule is CC(C)(C)NC(=O)N1CCC2(CC1)CC(CC(=O)N1CCOCC1)CCO2. The molecule has 1 spiro atoms. The van der Waals surface area contributed by atoms with Gasteiger partial charge in [0.15, 0.2) is 0 Å². The molecule has 0 aliphatic carbocycles. The summed E-state index contributed by atoms with van der Waals surface area (Å²) in [6.07, 6.45) is 4.20. The molecule has 0 radical (unpaired) electrons. The zero-order valence-electron chi connectivity index (χ0n) is 17.1. The molecule has 7 nitrogen and oxygen atoms in total. The number of hydrogen-bond donors (Lipinski definition) is 1. The molecule has 1 atom stereocenters. The molecular weight excluding hydrogens is 346 g/mol. The summed E-state index contributed by atoms with van der Waals surface area (Å²) in [5.41, 5.74) is -0.384. The number of carbonyl (C=O) groups excluding carboxylic acids is 2. The van der Waals surface area contributed by atoms with Crippen molar-refractivity contribution < 1.29 is 19.1 Å². The third-order valence-corrected chi connectivity index (χ3v) is 5.87. The number of nitrogens with one attached hydrogen (secondary N) is 1. The van der Waals surface area contributed by atoms with E-state index < -0.39 is 0 Å². The van der Waals surface area contributed by atoms with Crippen LogP contribution in [0.2, 0.25) is 0 Å². The molecule has 3 aliphatic rings. The first-order valence-electron chi connectivity index (χ1n) is 10.3. The Morgan fingerprint density at radius 2 is 1.70 bits per heavy atom. The van der Waals surface area contributed by atoms with Gasteiger partial charge in [-0.1, -0.05) is 0 Å². The number of amides is 3. The van der Waals surface area contributed by atoms with Crippen LogP contribution in [0, 0.1) is 5.92 Å². The van der Waals surface area contributed by atoms with Crippen molar-refractivity contribution in [2.24, 2.45) is 5.92 Å². The topological polar surface area (TPSA) is 71.1 Å². The molecule has 1 unspecified atom stereocenters. The van der Waals surface area contributed by atoms with Crippen molar-refractivity contribution in [3.63, 3.8) is 0 Å². The maximum atomic E-state index is 12.6. The predicted octanol–water partition coefficient (Wildman–Crippen LogP) is 2.00. The van der Waals surface area contributed by atoms with Crippen LogP contribution >= 0.6 is 0 Å². The van der Waals surface area contributed by atoms with Crippen LogP contribution < -0.4 is 5.32 Å². The first-order valence-corrected chi connectivity index (χ1v) is 10.3. The number of ether oxygens (including phenoxy) is 2. The summed E-state index contributed by atoms with van der Waals surface area (Å²) >= 11 is 0. The van der Waals surface area contributed by atoms with Crippen molar-refractivity contribution in [2.75, 3.05) is 46.0 Å². The standard InChI is InChI=1S/C20H35N3O4/c1-19(2,3)21-18(25)23-7-5-20(6-8-23)15-16(4-11-27-20)14-17(24)22-9-12-26-13-10-22/h16H,4-15H2,1-3H3,(H,21,25). The summed E-state index contributed by atoms with van der Waals surface area (Å²) in [6.45, 7) is 10.9. The minimum atomic E-state index is -0.224. The Kier molecular flexibility index (Phi) is 6.31. The van der Waals surface area contributed by atoms with Crippen molar-refractivity contribution in [3.8, 4) is 0 Å². The fourth-order valence-corrected chi connectivity index (χ4v) is 4.36. The predicted molar refractivity (Wildman–Crippen MR) is 103 cm³/mol. The third-order valence-electron chi connectivity index (χ3n) is 5.87. The van der Waals surface area contributed by atoms with Crippen LogP contribution in [0.1, 0.15) is 52.9 Å². The van der Waals surface area contributed by atoms with E-state index in [1.807, 2.05) is 30.6 Å². The van der Waals surface area contributed by atoms with Crippen LogP contribution in [0.5, 0.6) is 0 Å². The first kappa shape index (κ1) is 20.4. The molecule has 3 aliphatic heterocycles. The second-order valence-electron chi connectivity index (χ2n) is 9.25. The maximum absolute atomic E-state index is 12.6. The number of hydrogen-bond acceptors (Lipinski definition) is 4. The molecule has 3 amide bonds. The Bertz CT molecular complexity index is 532. The lowest BCUT2D eigenvalue weighted by molar-refractivity contribution is -0.143. The minimum Gasteiger partial charge on any atom is -0.378 e. The van der Waals surface area contributed by atoms with Gasteiger partial charge >= 0.3 is 6.03 Å². The summed E-state index contributed by atoms with van der Waals surface area (Å²) < 4.78 is 11.5. The van der Waals surface area contributed by atoms with Crippen molar-refractivity contribution in [1.82, 2.24) is 15.1 Å². The van der Waals surface area contributed by atoms with E-state index in [4.69, 9.17) is 9.47 Å². The third kappa shape index (κ3) is 5.57. The van der Waals surface area contributed by atoms with E-state index in [0.29, 0.717) is 51.7 Å². The highest BCUT2D eigenvalue weighted by Gasteiger charge is 2.42. The van der Waals surface area contributed by atoms with E-state index in [9.17, 15) is 9.59 Å². The number of piperidine rings is 1. The number of likely N-dealkylation sites (tertiary alicyclic amines) is 1. The Balaban J connectivity index is 1.49. The molecule has 7 heteroatoms. The smallest absolute Gasteiger partial charge is 0.317 e. The fraction of sp³-hybridized carbons (Fsp3) is 0.900. The molecule has 27 heavy (non-hydrogen) atoms. The van der Waals surface area contributed by atoms with Crippen molar-refractivity contribution in [2.45, 2.75) is 64.0 Å². The molecule has 0 saturated carbocycles. The molecule has 3 fully saturated rings. The van der Waals surface area contributed by atoms with Gasteiger partial charge in [-0.25, -0.2) is 4.79 Å². The zero-order chi connectivity index (χ0) is 19.5. The van der Waals surface area contributed by atoms with Gasteiger partial charge in [-0.05, 0) is 52.4 Å². The number of morpholine rings is 1. The lowest BCUT2D eigenvalue weighted by atomic mass is 9.78. The Morgan fingerprint density at radius 3 is 2.33 bits per heavy atom. The molecule has 0 aromatic heterocycles. The van der Waals surface area contributed by atoms with Gasteiger partial charge in [0, 0.05) is 44.7 Å². The second-order valence-corrected chi connectivity index (χ2v) is 9.25. The second kappa shape index (κ2) is 8.35. The van der Waals surface area contributed by atoms with E-state index in [0.717, 1.165) is 32.3 Å². The lowest BCUT2D eigenvalue weighted by Crippen LogP contribution is -2.55. The van der Waals surface area contributed by atoms with Gasteiger partial charge in [-0.3, -0.25) is 4.79 Å². The largest absolute Gasteiger partial charge is 0.378 e. The van der Waals surface area contributed by atoms with Crippen molar-refractivity contribution in [1.29, 1.82) is 0 Å². The summed E-state index contributed by atoms with van der Waals surface area (Å²) in [7, 11) is 0. The molecule has 1 N–H and O–H groups in total. The maximum Gasteiger partial charge on any atom is 0.317 e. The van der Waals surface area contributed by atoms with Gasteiger partial charge in [-0.2, -0.15) is 0 Å². The Labute approximate surface area is 162 Å². The highest BCUT2D eigenvalue weighted by atomic mass is 16.5. The number of rotatable bonds is 2. The van der Waals surface area contributed by atoms with Crippen LogP contribution in [0.25, 0.3) is 0 Å². The van der Waals surface area contributed by atoms with Crippen molar-refractivity contribution >= 4 is 11.9 Å². The van der Waals surface area contributed by atoms with E-state index >= 15 is 0 Å². The summed E-state index contributed by atoms with van der Waals surface area (Å²) in [6, 6.07) is 0.00667. The molecule has 0 bridgehead atoms. The Hall–Kier alpha value is -1.34.